The molecule has 0 aromatic rings. The maximum Gasteiger partial charge on any atom is 0.404 e. The fraction of sp³-hybridized carbons (Fsp3) is 1.00. The van der Waals surface area contributed by atoms with E-state index < -0.39 is 12.2 Å². The van der Waals surface area contributed by atoms with Gasteiger partial charge in [0.15, 0.2) is 0 Å². The van der Waals surface area contributed by atoms with Crippen LogP contribution in [0.25, 0.3) is 0 Å². The van der Waals surface area contributed by atoms with Crippen molar-refractivity contribution in [1.82, 2.24) is 10.6 Å². The van der Waals surface area contributed by atoms with Crippen LogP contribution < -0.4 is 10.6 Å². The lowest BCUT2D eigenvalue weighted by Gasteiger charge is -2.39. The highest BCUT2D eigenvalue weighted by Gasteiger charge is 2.46. The molecule has 0 aromatic carbocycles. The molecule has 0 saturated carbocycles. The first-order valence-corrected chi connectivity index (χ1v) is 5.33. The van der Waals surface area contributed by atoms with Crippen LogP contribution in [0.15, 0.2) is 0 Å². The molecule has 1 aliphatic heterocycles. The fourth-order valence-electron chi connectivity index (χ4n) is 2.34. The summed E-state index contributed by atoms with van der Waals surface area (Å²) in [6, 6.07) is -1.48. The van der Waals surface area contributed by atoms with Gasteiger partial charge in [-0.15, -0.1) is 0 Å². The largest absolute Gasteiger partial charge is 0.404 e. The van der Waals surface area contributed by atoms with Gasteiger partial charge in [0, 0.05) is 6.04 Å². The number of hydrogen-bond acceptors (Lipinski definition) is 2. The van der Waals surface area contributed by atoms with Gasteiger partial charge in [-0.05, 0) is 38.8 Å². The van der Waals surface area contributed by atoms with Crippen molar-refractivity contribution in [2.45, 2.75) is 38.5 Å². The van der Waals surface area contributed by atoms with E-state index >= 15 is 0 Å². The van der Waals surface area contributed by atoms with E-state index in [0.29, 0.717) is 12.3 Å². The number of hydrogen-bond donors (Lipinski definition) is 2. The highest BCUT2D eigenvalue weighted by atomic mass is 19.4. The summed E-state index contributed by atoms with van der Waals surface area (Å²) in [5.41, 5.74) is 0. The summed E-state index contributed by atoms with van der Waals surface area (Å²) in [6.07, 6.45) is -3.54. The first kappa shape index (κ1) is 12.8. The molecule has 2 nitrogen and oxygen atoms in total. The second-order valence-electron chi connectivity index (χ2n) is 4.51. The minimum atomic E-state index is -4.16. The molecule has 1 rings (SSSR count). The smallest absolute Gasteiger partial charge is 0.314 e. The number of alkyl halides is 3. The van der Waals surface area contributed by atoms with Gasteiger partial charge in [-0.1, -0.05) is 6.92 Å². The molecule has 0 spiro atoms. The Morgan fingerprint density at radius 2 is 1.93 bits per heavy atom. The number of nitrogens with one attached hydrogen (secondary N) is 2. The van der Waals surface area contributed by atoms with Gasteiger partial charge in [-0.25, -0.2) is 0 Å². The van der Waals surface area contributed by atoms with Crippen molar-refractivity contribution in [2.75, 3.05) is 13.6 Å². The second kappa shape index (κ2) is 4.70. The van der Waals surface area contributed by atoms with E-state index in [1.807, 2.05) is 13.8 Å². The van der Waals surface area contributed by atoms with Crippen LogP contribution in [0, 0.1) is 11.8 Å². The molecule has 4 unspecified atom stereocenters. The number of rotatable bonds is 2. The lowest BCUT2D eigenvalue weighted by molar-refractivity contribution is -0.171. The minimum absolute atomic E-state index is 0.0831. The molecule has 15 heavy (non-hydrogen) atoms. The predicted molar refractivity (Wildman–Crippen MR) is 53.6 cm³/mol. The quantitative estimate of drug-likeness (QED) is 0.747. The van der Waals surface area contributed by atoms with Crippen molar-refractivity contribution in [3.8, 4) is 0 Å². The lowest BCUT2D eigenvalue weighted by atomic mass is 9.81. The summed E-state index contributed by atoms with van der Waals surface area (Å²) in [4.78, 5) is 0. The molecule has 0 amide bonds. The Kier molecular flexibility index (Phi) is 4.00. The molecule has 90 valence electrons. The van der Waals surface area contributed by atoms with E-state index in [1.54, 1.807) is 0 Å². The van der Waals surface area contributed by atoms with Crippen molar-refractivity contribution in [1.29, 1.82) is 0 Å². The van der Waals surface area contributed by atoms with Gasteiger partial charge in [0.2, 0.25) is 0 Å². The number of halogens is 3. The lowest BCUT2D eigenvalue weighted by Crippen LogP contribution is -2.56. The van der Waals surface area contributed by atoms with E-state index in [4.69, 9.17) is 0 Å². The minimum Gasteiger partial charge on any atom is -0.314 e. The molecule has 4 atom stereocenters. The summed E-state index contributed by atoms with van der Waals surface area (Å²) >= 11 is 0. The van der Waals surface area contributed by atoms with Gasteiger partial charge in [-0.3, -0.25) is 0 Å². The zero-order chi connectivity index (χ0) is 11.6. The first-order valence-electron chi connectivity index (χ1n) is 5.33. The Balaban J connectivity index is 2.73. The van der Waals surface area contributed by atoms with Crippen LogP contribution in [-0.4, -0.2) is 31.9 Å². The van der Waals surface area contributed by atoms with Gasteiger partial charge in [0.1, 0.15) is 6.04 Å². The van der Waals surface area contributed by atoms with Gasteiger partial charge in [-0.2, -0.15) is 13.2 Å². The molecule has 5 heteroatoms. The summed E-state index contributed by atoms with van der Waals surface area (Å²) in [5, 5.41) is 5.53. The fourth-order valence-corrected chi connectivity index (χ4v) is 2.34. The molecule has 2 N–H and O–H groups in total. The number of piperidine rings is 1. The Bertz CT molecular complexity index is 205. The molecule has 0 aliphatic carbocycles. The average molecular weight is 224 g/mol. The van der Waals surface area contributed by atoms with Crippen LogP contribution in [-0.2, 0) is 0 Å². The highest BCUT2D eigenvalue weighted by molar-refractivity contribution is 4.91. The SMILES string of the molecule is CNC(C1CC(C)CNC1C)C(F)(F)F. The predicted octanol–water partition coefficient (Wildman–Crippen LogP) is 1.77. The van der Waals surface area contributed by atoms with E-state index in [0.717, 1.165) is 6.54 Å². The zero-order valence-electron chi connectivity index (χ0n) is 9.36. The molecule has 0 bridgehead atoms. The monoisotopic (exact) mass is 224 g/mol. The van der Waals surface area contributed by atoms with Crippen molar-refractivity contribution >= 4 is 0 Å². The molecule has 0 radical (unpaired) electrons. The van der Waals surface area contributed by atoms with Crippen molar-refractivity contribution in [3.05, 3.63) is 0 Å². The summed E-state index contributed by atoms with van der Waals surface area (Å²) < 4.78 is 38.1. The van der Waals surface area contributed by atoms with Crippen molar-refractivity contribution in [2.24, 2.45) is 11.8 Å². The topological polar surface area (TPSA) is 24.1 Å². The standard InChI is InChI=1S/C10H19F3N2/c1-6-4-8(7(2)15-5-6)9(14-3)10(11,12)13/h6-9,14-15H,4-5H2,1-3H3. The van der Waals surface area contributed by atoms with Crippen LogP contribution >= 0.6 is 0 Å². The summed E-state index contributed by atoms with van der Waals surface area (Å²) in [7, 11) is 1.38. The average Bonchev–Trinajstić information content (AvgIpc) is 2.10. The summed E-state index contributed by atoms with van der Waals surface area (Å²) in [5.74, 6) is -0.0665. The maximum atomic E-state index is 12.7. The molecular weight excluding hydrogens is 205 g/mol. The molecule has 1 aliphatic rings. The van der Waals surface area contributed by atoms with Crippen LogP contribution in [0.2, 0.25) is 0 Å². The third kappa shape index (κ3) is 3.08. The maximum absolute atomic E-state index is 12.7. The first-order chi connectivity index (χ1) is 6.86. The van der Waals surface area contributed by atoms with Crippen LogP contribution in [0.3, 0.4) is 0 Å². The molecule has 1 heterocycles. The highest BCUT2D eigenvalue weighted by Crippen LogP contribution is 2.32. The van der Waals surface area contributed by atoms with Gasteiger partial charge in [0.25, 0.3) is 0 Å². The van der Waals surface area contributed by atoms with E-state index in [9.17, 15) is 13.2 Å². The van der Waals surface area contributed by atoms with Crippen molar-refractivity contribution in [3.63, 3.8) is 0 Å². The Morgan fingerprint density at radius 1 is 1.33 bits per heavy atom. The van der Waals surface area contributed by atoms with E-state index in [1.165, 1.54) is 7.05 Å². The normalized spacial score (nSPS) is 35.2. The van der Waals surface area contributed by atoms with Crippen molar-refractivity contribution < 1.29 is 13.2 Å². The van der Waals surface area contributed by atoms with E-state index in [-0.39, 0.29) is 12.0 Å². The van der Waals surface area contributed by atoms with Crippen LogP contribution in [0.4, 0.5) is 13.2 Å². The van der Waals surface area contributed by atoms with Gasteiger partial charge in [0.05, 0.1) is 0 Å². The van der Waals surface area contributed by atoms with Gasteiger partial charge >= 0.3 is 6.18 Å². The molecule has 1 saturated heterocycles. The zero-order valence-corrected chi connectivity index (χ0v) is 9.36. The van der Waals surface area contributed by atoms with Gasteiger partial charge < -0.3 is 10.6 Å². The third-order valence-electron chi connectivity index (χ3n) is 3.20. The molecular formula is C10H19F3N2. The Labute approximate surface area is 88.6 Å². The molecule has 1 fully saturated rings. The summed E-state index contributed by atoms with van der Waals surface area (Å²) in [6.45, 7) is 4.62. The second-order valence-corrected chi connectivity index (χ2v) is 4.51. The van der Waals surface area contributed by atoms with E-state index in [2.05, 4.69) is 10.6 Å². The molecule has 0 aromatic heterocycles. The Morgan fingerprint density at radius 3 is 2.40 bits per heavy atom. The van der Waals surface area contributed by atoms with Crippen LogP contribution in [0.1, 0.15) is 20.3 Å². The Hall–Kier alpha value is -0.290. The van der Waals surface area contributed by atoms with Crippen LogP contribution in [0.5, 0.6) is 0 Å². The third-order valence-corrected chi connectivity index (χ3v) is 3.20.